The van der Waals surface area contributed by atoms with Crippen LogP contribution in [-0.2, 0) is 57.3 Å². The van der Waals surface area contributed by atoms with Crippen LogP contribution >= 0.6 is 0 Å². The number of esters is 1. The highest BCUT2D eigenvalue weighted by Crippen LogP contribution is 2.34. The van der Waals surface area contributed by atoms with Crippen molar-refractivity contribution in [1.29, 1.82) is 0 Å². The average molecular weight is 764 g/mol. The third-order valence-electron chi connectivity index (χ3n) is 8.89. The first kappa shape index (κ1) is 43.7. The molecular formula is C30H53NO19S. The molecule has 20 nitrogen and oxygen atoms in total. The Morgan fingerprint density at radius 1 is 0.725 bits per heavy atom. The van der Waals surface area contributed by atoms with Crippen molar-refractivity contribution < 1.29 is 90.5 Å². The maximum atomic E-state index is 12.5. The molecule has 3 rings (SSSR count). The van der Waals surface area contributed by atoms with E-state index in [2.05, 4.69) is 14.2 Å². The first-order chi connectivity index (χ1) is 24.0. The molecule has 0 unspecified atom stereocenters. The zero-order valence-electron chi connectivity index (χ0n) is 29.0. The van der Waals surface area contributed by atoms with Crippen LogP contribution in [0, 0.1) is 0 Å². The largest absolute Gasteiger partial charge is 0.469 e. The molecule has 0 aliphatic carbocycles. The van der Waals surface area contributed by atoms with Crippen molar-refractivity contribution >= 4 is 22.3 Å². The molecule has 3 aliphatic rings. The van der Waals surface area contributed by atoms with Gasteiger partial charge in [0, 0.05) is 20.0 Å². The minimum Gasteiger partial charge on any atom is -0.469 e. The van der Waals surface area contributed by atoms with Gasteiger partial charge in [-0.1, -0.05) is 25.7 Å². The summed E-state index contributed by atoms with van der Waals surface area (Å²) in [5.74, 6) is -0.861. The fourth-order valence-electron chi connectivity index (χ4n) is 6.09. The van der Waals surface area contributed by atoms with Gasteiger partial charge in [-0.05, 0) is 26.7 Å². The van der Waals surface area contributed by atoms with E-state index in [0.29, 0.717) is 19.3 Å². The summed E-state index contributed by atoms with van der Waals surface area (Å²) in [4.78, 5) is 23.8. The number of hydrogen-bond acceptors (Lipinski definition) is 18. The molecule has 0 aromatic carbocycles. The van der Waals surface area contributed by atoms with Gasteiger partial charge >= 0.3 is 16.4 Å². The molecule has 15 atom stereocenters. The van der Waals surface area contributed by atoms with Gasteiger partial charge in [-0.15, -0.1) is 0 Å². The molecule has 3 aliphatic heterocycles. The number of carbonyl (C=O) groups is 2. The lowest BCUT2D eigenvalue weighted by Gasteiger charge is -2.50. The minimum atomic E-state index is -5.18. The Labute approximate surface area is 296 Å². The SMILES string of the molecule is COC(=O)CCCCCCCCO[C@@H]1O[C@H](CO)[C@@H](O[C@@H]2O[C@H](C)[C@H](O)[C@H](OS(=O)(=O)O)[C@H]2O)[C@H](O[C@@H]2O[C@@H](C)[C@@H](O)[C@@H](O)[C@@H]2O)[C@H]1NC(C)=O. The highest BCUT2D eigenvalue weighted by atomic mass is 32.3. The zero-order chi connectivity index (χ0) is 38.0. The average Bonchev–Trinajstić information content (AvgIpc) is 3.07. The summed E-state index contributed by atoms with van der Waals surface area (Å²) in [6.07, 6.45) is -17.4. The molecule has 0 aromatic heterocycles. The second-order valence-electron chi connectivity index (χ2n) is 12.8. The van der Waals surface area contributed by atoms with Crippen molar-refractivity contribution in [3.05, 3.63) is 0 Å². The van der Waals surface area contributed by atoms with Crippen LogP contribution in [0.1, 0.15) is 65.7 Å². The van der Waals surface area contributed by atoms with Gasteiger partial charge in [0.05, 0.1) is 25.9 Å². The summed E-state index contributed by atoms with van der Waals surface area (Å²) in [6.45, 7) is 3.24. The second kappa shape index (κ2) is 20.1. The number of aliphatic hydroxyl groups excluding tert-OH is 6. The van der Waals surface area contributed by atoms with Gasteiger partial charge in [0.1, 0.15) is 61.0 Å². The molecule has 298 valence electrons. The molecule has 8 N–H and O–H groups in total. The molecule has 1 amide bonds. The normalized spacial score (nSPS) is 39.0. The molecule has 0 saturated carbocycles. The molecule has 3 saturated heterocycles. The quantitative estimate of drug-likeness (QED) is 0.0403. The summed E-state index contributed by atoms with van der Waals surface area (Å²) in [7, 11) is -3.84. The molecule has 0 radical (unpaired) electrons. The summed E-state index contributed by atoms with van der Waals surface area (Å²) >= 11 is 0. The van der Waals surface area contributed by atoms with Gasteiger partial charge in [-0.3, -0.25) is 14.1 Å². The fraction of sp³-hybridized carbons (Fsp3) is 0.933. The number of amides is 1. The Balaban J connectivity index is 1.84. The van der Waals surface area contributed by atoms with Crippen molar-refractivity contribution in [1.82, 2.24) is 5.32 Å². The van der Waals surface area contributed by atoms with Crippen LogP contribution in [0.3, 0.4) is 0 Å². The maximum Gasteiger partial charge on any atom is 0.397 e. The number of carbonyl (C=O) groups excluding carboxylic acids is 2. The summed E-state index contributed by atoms with van der Waals surface area (Å²) in [5, 5.41) is 65.9. The van der Waals surface area contributed by atoms with Gasteiger partial charge < -0.3 is 69.1 Å². The molecule has 21 heteroatoms. The Morgan fingerprint density at radius 2 is 1.29 bits per heavy atom. The lowest BCUT2D eigenvalue weighted by molar-refractivity contribution is -0.370. The van der Waals surface area contributed by atoms with Crippen LogP contribution in [0.4, 0.5) is 0 Å². The fourth-order valence-corrected chi connectivity index (χ4v) is 6.59. The number of hydrogen-bond donors (Lipinski definition) is 8. The van der Waals surface area contributed by atoms with Gasteiger partial charge in [0.15, 0.2) is 18.9 Å². The second-order valence-corrected chi connectivity index (χ2v) is 13.9. The zero-order valence-corrected chi connectivity index (χ0v) is 29.8. The number of aliphatic hydroxyl groups is 6. The van der Waals surface area contributed by atoms with E-state index in [4.69, 9.17) is 28.4 Å². The van der Waals surface area contributed by atoms with Crippen LogP contribution in [-0.4, -0.2) is 168 Å². The Kier molecular flexibility index (Phi) is 17.3. The van der Waals surface area contributed by atoms with E-state index in [1.807, 2.05) is 0 Å². The molecule has 51 heavy (non-hydrogen) atoms. The van der Waals surface area contributed by atoms with Crippen LogP contribution in [0.5, 0.6) is 0 Å². The molecule has 0 spiro atoms. The number of rotatable bonds is 18. The third-order valence-corrected chi connectivity index (χ3v) is 9.35. The maximum absolute atomic E-state index is 12.5. The standard InChI is InChI=1S/C30H53NO19S/c1-14-20(35)22(37)23(38)29(45-14)49-26-19(31-16(3)33)28(44-12-10-8-6-5-7-9-11-18(34)43-4)47-17(13-32)25(26)48-30-24(39)27(50-51(40,41)42)21(36)15(2)46-30/h14-15,17,19-30,32,35-39H,5-13H2,1-4H3,(H,31,33)(H,40,41,42)/t14-,15+,17+,19+,20+,21-,22+,23-,24+,25+,26+,27-,28+,29-,30-/m0/s1. The van der Waals surface area contributed by atoms with Crippen molar-refractivity contribution in [2.24, 2.45) is 0 Å². The van der Waals surface area contributed by atoms with E-state index in [1.54, 1.807) is 0 Å². The van der Waals surface area contributed by atoms with Gasteiger partial charge in [-0.25, -0.2) is 4.18 Å². The third kappa shape index (κ3) is 12.4. The van der Waals surface area contributed by atoms with Crippen LogP contribution in [0.15, 0.2) is 0 Å². The van der Waals surface area contributed by atoms with E-state index in [0.717, 1.165) is 25.7 Å². The van der Waals surface area contributed by atoms with Gasteiger partial charge in [0.2, 0.25) is 5.91 Å². The first-order valence-electron chi connectivity index (χ1n) is 16.9. The molecular weight excluding hydrogens is 710 g/mol. The van der Waals surface area contributed by atoms with Crippen molar-refractivity contribution in [3.63, 3.8) is 0 Å². The smallest absolute Gasteiger partial charge is 0.397 e. The van der Waals surface area contributed by atoms with E-state index < -0.39 is 115 Å². The highest BCUT2D eigenvalue weighted by molar-refractivity contribution is 7.80. The van der Waals surface area contributed by atoms with Gasteiger partial charge in [-0.2, -0.15) is 8.42 Å². The lowest BCUT2D eigenvalue weighted by atomic mass is 9.94. The molecule has 3 heterocycles. The number of nitrogens with one attached hydrogen (secondary N) is 1. The van der Waals surface area contributed by atoms with Crippen LogP contribution in [0.25, 0.3) is 0 Å². The predicted octanol–water partition coefficient (Wildman–Crippen LogP) is -2.62. The topological polar surface area (TPSA) is 296 Å². The van der Waals surface area contributed by atoms with E-state index in [-0.39, 0.29) is 12.6 Å². The highest BCUT2D eigenvalue weighted by Gasteiger charge is 2.55. The predicted molar refractivity (Wildman–Crippen MR) is 169 cm³/mol. The number of methoxy groups -OCH3 is 1. The number of unbranched alkanes of at least 4 members (excludes halogenated alkanes) is 5. The van der Waals surface area contributed by atoms with Crippen molar-refractivity contribution in [2.75, 3.05) is 20.3 Å². The molecule has 0 aromatic rings. The molecule has 0 bridgehead atoms. The van der Waals surface area contributed by atoms with E-state index >= 15 is 0 Å². The van der Waals surface area contributed by atoms with E-state index in [1.165, 1.54) is 27.9 Å². The van der Waals surface area contributed by atoms with E-state index in [9.17, 15) is 53.2 Å². The number of ether oxygens (including phenoxy) is 7. The summed E-state index contributed by atoms with van der Waals surface area (Å²) in [5.41, 5.74) is 0. The van der Waals surface area contributed by atoms with Crippen LogP contribution in [0.2, 0.25) is 0 Å². The minimum absolute atomic E-state index is 0.123. The van der Waals surface area contributed by atoms with Crippen molar-refractivity contribution in [2.45, 2.75) is 158 Å². The Bertz CT molecular complexity index is 1200. The van der Waals surface area contributed by atoms with Gasteiger partial charge in [0.25, 0.3) is 0 Å². The Morgan fingerprint density at radius 3 is 1.88 bits per heavy atom. The summed E-state index contributed by atoms with van der Waals surface area (Å²) in [6, 6.07) is -1.28. The molecule has 3 fully saturated rings. The first-order valence-corrected chi connectivity index (χ1v) is 18.2. The monoisotopic (exact) mass is 763 g/mol. The van der Waals surface area contributed by atoms with Crippen LogP contribution < -0.4 is 5.32 Å². The van der Waals surface area contributed by atoms with Crippen molar-refractivity contribution in [3.8, 4) is 0 Å². The summed E-state index contributed by atoms with van der Waals surface area (Å²) < 4.78 is 76.7. The lowest BCUT2D eigenvalue weighted by Crippen LogP contribution is -2.69. The Hall–Kier alpha value is -1.67.